The summed E-state index contributed by atoms with van der Waals surface area (Å²) in [6, 6.07) is 0.518. The van der Waals surface area contributed by atoms with Crippen LogP contribution in [0, 0.1) is 0 Å². The molecule has 0 aromatic carbocycles. The van der Waals surface area contributed by atoms with Gasteiger partial charge >= 0.3 is 17.6 Å². The van der Waals surface area contributed by atoms with E-state index < -0.39 is 23.2 Å². The lowest BCUT2D eigenvalue weighted by atomic mass is 10.1. The summed E-state index contributed by atoms with van der Waals surface area (Å²) in [5.74, 6) is -0.0553. The van der Waals surface area contributed by atoms with E-state index in [9.17, 15) is 9.59 Å². The lowest BCUT2D eigenvalue weighted by molar-refractivity contribution is -0.120. The van der Waals surface area contributed by atoms with Gasteiger partial charge in [-0.1, -0.05) is 0 Å². The predicted octanol–water partition coefficient (Wildman–Crippen LogP) is 1.44. The lowest BCUT2D eigenvalue weighted by Crippen LogP contribution is -2.50. The smallest absolute Gasteiger partial charge is 0.377 e. The van der Waals surface area contributed by atoms with E-state index in [0.29, 0.717) is 18.9 Å². The zero-order valence-corrected chi connectivity index (χ0v) is 17.5. The van der Waals surface area contributed by atoms with Crippen LogP contribution in [0.5, 0.6) is 0 Å². The second-order valence-corrected chi connectivity index (χ2v) is 11.3. The molecule has 10 heteroatoms. The van der Waals surface area contributed by atoms with Crippen molar-refractivity contribution in [2.24, 2.45) is 0 Å². The van der Waals surface area contributed by atoms with Crippen LogP contribution < -0.4 is 0 Å². The first kappa shape index (κ1) is 23.5. The monoisotopic (exact) mass is 382 g/mol. The molecule has 0 N–H and O–H groups in total. The first-order chi connectivity index (χ1) is 11.4. The molecule has 0 aliphatic rings. The maximum Gasteiger partial charge on any atom is 0.511 e. The van der Waals surface area contributed by atoms with Gasteiger partial charge in [-0.2, -0.15) is 0 Å². The summed E-state index contributed by atoms with van der Waals surface area (Å²) in [5.41, 5.74) is -0.577. The van der Waals surface area contributed by atoms with Gasteiger partial charge in [-0.05, 0) is 12.8 Å². The van der Waals surface area contributed by atoms with Crippen molar-refractivity contribution in [3.8, 4) is 0 Å². The third-order valence-electron chi connectivity index (χ3n) is 4.08. The first-order valence-corrected chi connectivity index (χ1v) is 11.4. The zero-order valence-electron chi connectivity index (χ0n) is 15.5. The Balaban J connectivity index is 4.98. The van der Waals surface area contributed by atoms with Gasteiger partial charge in [0.1, 0.15) is 12.1 Å². The fraction of sp³-hybridized carbons (Fsp3) is 0.857. The molecule has 0 aliphatic carbocycles. The number of carbonyl (C=O) groups excluding carboxylic acids is 2. The Hall–Kier alpha value is -0.466. The molecular weight excluding hydrogens is 352 g/mol. The molecule has 0 aliphatic heterocycles. The first-order valence-electron chi connectivity index (χ1n) is 7.72. The number of hydrogen-bond donors (Lipinski definition) is 0. The van der Waals surface area contributed by atoms with Crippen LogP contribution in [0.3, 0.4) is 0 Å². The number of rotatable bonds is 15. The molecule has 0 aromatic heterocycles. The largest absolute Gasteiger partial charge is 0.511 e. The molecule has 1 unspecified atom stereocenters. The summed E-state index contributed by atoms with van der Waals surface area (Å²) in [4.78, 5) is 23.4. The minimum absolute atomic E-state index is 0.0553. The summed E-state index contributed by atoms with van der Waals surface area (Å²) in [6.07, 6.45) is 2.18. The molecule has 142 valence electrons. The lowest BCUT2D eigenvalue weighted by Gasteiger charge is -2.31. The maximum atomic E-state index is 12.7. The predicted molar refractivity (Wildman–Crippen MR) is 91.7 cm³/mol. The molecule has 0 radical (unpaired) electrons. The van der Waals surface area contributed by atoms with Gasteiger partial charge in [-0.25, -0.2) is 0 Å². The third-order valence-corrected chi connectivity index (χ3v) is 10.1. The Morgan fingerprint density at radius 1 is 0.917 bits per heavy atom. The van der Waals surface area contributed by atoms with Crippen LogP contribution in [-0.2, 0) is 36.1 Å². The summed E-state index contributed by atoms with van der Waals surface area (Å²) >= 11 is 0. The Morgan fingerprint density at radius 3 is 1.79 bits per heavy atom. The molecule has 0 fully saturated rings. The van der Waals surface area contributed by atoms with E-state index in [1.807, 2.05) is 0 Å². The van der Waals surface area contributed by atoms with Crippen LogP contribution in [0.4, 0.5) is 0 Å². The van der Waals surface area contributed by atoms with Crippen molar-refractivity contribution < 1.29 is 36.1 Å². The van der Waals surface area contributed by atoms with Crippen molar-refractivity contribution in [1.29, 1.82) is 0 Å². The van der Waals surface area contributed by atoms with Gasteiger partial charge < -0.3 is 31.4 Å². The van der Waals surface area contributed by atoms with Crippen LogP contribution in [0.1, 0.15) is 25.7 Å². The van der Waals surface area contributed by atoms with E-state index in [1.54, 1.807) is 0 Å². The molecule has 0 bridgehead atoms. The second kappa shape index (κ2) is 12.0. The molecule has 0 spiro atoms. The molecule has 0 aromatic rings. The van der Waals surface area contributed by atoms with E-state index in [0.717, 1.165) is 6.29 Å². The summed E-state index contributed by atoms with van der Waals surface area (Å²) in [6.45, 7) is 0. The number of Topliss-reactive ketones (excluding diaryl/α,β-unsaturated/α-hetero) is 1. The quantitative estimate of drug-likeness (QED) is 0.310. The van der Waals surface area contributed by atoms with Crippen molar-refractivity contribution in [1.82, 2.24) is 0 Å². The van der Waals surface area contributed by atoms with Crippen molar-refractivity contribution >= 4 is 29.7 Å². The molecule has 0 heterocycles. The Labute approximate surface area is 146 Å². The van der Waals surface area contributed by atoms with E-state index in [2.05, 4.69) is 0 Å². The second-order valence-electron chi connectivity index (χ2n) is 5.13. The summed E-state index contributed by atoms with van der Waals surface area (Å²) < 4.78 is 32.3. The van der Waals surface area contributed by atoms with Crippen molar-refractivity contribution in [2.45, 2.75) is 37.3 Å². The fourth-order valence-corrected chi connectivity index (χ4v) is 6.79. The highest BCUT2D eigenvalue weighted by Crippen LogP contribution is 2.31. The van der Waals surface area contributed by atoms with Gasteiger partial charge in [-0.3, -0.25) is 4.79 Å². The topological polar surface area (TPSA) is 89.5 Å². The molecule has 1 atom stereocenters. The van der Waals surface area contributed by atoms with Gasteiger partial charge in [-0.15, -0.1) is 0 Å². The molecular formula is C14H30O8Si2. The molecule has 0 amide bonds. The normalized spacial score (nSPS) is 13.8. The highest BCUT2D eigenvalue weighted by atomic mass is 28.4. The highest BCUT2D eigenvalue weighted by molar-refractivity contribution is 6.66. The number of ketones is 1. The Kier molecular flexibility index (Phi) is 11.7. The SMILES string of the molecule is CO[Si](CCCC(=O)C(CCC=O)[Si](OC)(OC)OC)(OC)OC. The third kappa shape index (κ3) is 6.11. The van der Waals surface area contributed by atoms with Crippen LogP contribution in [0.15, 0.2) is 0 Å². The van der Waals surface area contributed by atoms with Crippen molar-refractivity contribution in [3.63, 3.8) is 0 Å². The summed E-state index contributed by atoms with van der Waals surface area (Å²) in [5, 5.41) is 0. The standard InChI is InChI=1S/C14H30O8Si2/c1-17-23(18-2,19-3)12-8-9-13(16)14(10-7-11-15)24(20-4,21-5)22-6/h11,14H,7-10,12H2,1-6H3. The van der Waals surface area contributed by atoms with Crippen molar-refractivity contribution in [3.05, 3.63) is 0 Å². The Bertz CT molecular complexity index is 355. The average Bonchev–Trinajstić information content (AvgIpc) is 2.63. The fourth-order valence-electron chi connectivity index (χ4n) is 2.66. The van der Waals surface area contributed by atoms with Crippen LogP contribution >= 0.6 is 0 Å². The van der Waals surface area contributed by atoms with Gasteiger partial charge in [0, 0.05) is 61.5 Å². The van der Waals surface area contributed by atoms with Crippen LogP contribution in [-0.4, -0.2) is 72.3 Å². The van der Waals surface area contributed by atoms with Gasteiger partial charge in [0.05, 0.1) is 5.54 Å². The maximum absolute atomic E-state index is 12.7. The van der Waals surface area contributed by atoms with E-state index in [4.69, 9.17) is 26.6 Å². The van der Waals surface area contributed by atoms with E-state index in [1.165, 1.54) is 42.7 Å². The van der Waals surface area contributed by atoms with Gasteiger partial charge in [0.25, 0.3) is 0 Å². The minimum Gasteiger partial charge on any atom is -0.377 e. The van der Waals surface area contributed by atoms with Gasteiger partial charge in [0.2, 0.25) is 0 Å². The van der Waals surface area contributed by atoms with Crippen LogP contribution in [0.25, 0.3) is 0 Å². The van der Waals surface area contributed by atoms with Crippen LogP contribution in [0.2, 0.25) is 11.6 Å². The van der Waals surface area contributed by atoms with Crippen molar-refractivity contribution in [2.75, 3.05) is 42.7 Å². The molecule has 0 saturated heterocycles. The zero-order chi connectivity index (χ0) is 18.6. The molecule has 0 rings (SSSR count). The molecule has 0 saturated carbocycles. The average molecular weight is 383 g/mol. The van der Waals surface area contributed by atoms with Gasteiger partial charge in [0.15, 0.2) is 0 Å². The number of carbonyl (C=O) groups is 2. The summed E-state index contributed by atoms with van der Waals surface area (Å²) in [7, 11) is 3.11. The minimum atomic E-state index is -3.16. The highest BCUT2D eigenvalue weighted by Gasteiger charge is 2.50. The molecule has 24 heavy (non-hydrogen) atoms. The Morgan fingerprint density at radius 2 is 1.42 bits per heavy atom. The number of aldehydes is 1. The molecule has 8 nitrogen and oxygen atoms in total. The van der Waals surface area contributed by atoms with E-state index in [-0.39, 0.29) is 18.6 Å². The number of hydrogen-bond acceptors (Lipinski definition) is 8. The van der Waals surface area contributed by atoms with E-state index >= 15 is 0 Å².